The molecular formula is C15H10BrFN2O. The summed E-state index contributed by atoms with van der Waals surface area (Å²) in [5.74, 6) is -1.04. The van der Waals surface area contributed by atoms with Crippen LogP contribution in [0.4, 0.5) is 10.1 Å². The van der Waals surface area contributed by atoms with Crippen LogP contribution in [0, 0.1) is 24.1 Å². The molecule has 3 nitrogen and oxygen atoms in total. The number of carbonyl (C=O) groups is 1. The van der Waals surface area contributed by atoms with E-state index in [0.29, 0.717) is 5.56 Å². The van der Waals surface area contributed by atoms with E-state index in [1.54, 1.807) is 24.3 Å². The molecule has 0 heterocycles. The molecule has 0 atom stereocenters. The third kappa shape index (κ3) is 2.86. The maximum Gasteiger partial charge on any atom is 0.255 e. The third-order valence-corrected chi connectivity index (χ3v) is 3.68. The first-order valence-electron chi connectivity index (χ1n) is 5.79. The van der Waals surface area contributed by atoms with E-state index in [4.69, 9.17) is 5.26 Å². The monoisotopic (exact) mass is 332 g/mol. The van der Waals surface area contributed by atoms with E-state index in [9.17, 15) is 9.18 Å². The lowest BCUT2D eigenvalue weighted by atomic mass is 10.1. The fourth-order valence-electron chi connectivity index (χ4n) is 1.72. The van der Waals surface area contributed by atoms with Gasteiger partial charge in [0, 0.05) is 10.0 Å². The number of halogens is 2. The van der Waals surface area contributed by atoms with Crippen LogP contribution in [0.5, 0.6) is 0 Å². The summed E-state index contributed by atoms with van der Waals surface area (Å²) >= 11 is 3.35. The number of aryl methyl sites for hydroxylation is 1. The zero-order valence-corrected chi connectivity index (χ0v) is 12.2. The van der Waals surface area contributed by atoms with Gasteiger partial charge < -0.3 is 5.32 Å². The maximum atomic E-state index is 13.4. The van der Waals surface area contributed by atoms with E-state index in [1.165, 1.54) is 18.2 Å². The third-order valence-electron chi connectivity index (χ3n) is 2.79. The second-order valence-corrected chi connectivity index (χ2v) is 5.05. The predicted molar refractivity (Wildman–Crippen MR) is 77.9 cm³/mol. The number of carbonyl (C=O) groups excluding carboxylic acids is 1. The molecule has 0 bridgehead atoms. The van der Waals surface area contributed by atoms with Gasteiger partial charge in [-0.2, -0.15) is 5.26 Å². The Hall–Kier alpha value is -2.19. The number of hydrogen-bond donors (Lipinski definition) is 1. The van der Waals surface area contributed by atoms with Gasteiger partial charge in [0.2, 0.25) is 0 Å². The topological polar surface area (TPSA) is 52.9 Å². The van der Waals surface area contributed by atoms with Crippen LogP contribution in [0.15, 0.2) is 40.9 Å². The highest BCUT2D eigenvalue weighted by Crippen LogP contribution is 2.21. The average Bonchev–Trinajstić information content (AvgIpc) is 2.42. The number of benzene rings is 2. The van der Waals surface area contributed by atoms with Crippen molar-refractivity contribution in [2.45, 2.75) is 6.92 Å². The second kappa shape index (κ2) is 5.85. The number of anilines is 1. The molecule has 100 valence electrons. The van der Waals surface area contributed by atoms with Crippen molar-refractivity contribution in [3.8, 4) is 6.07 Å². The van der Waals surface area contributed by atoms with Crippen LogP contribution in [0.1, 0.15) is 21.5 Å². The minimum atomic E-state index is -0.655. The van der Waals surface area contributed by atoms with Crippen LogP contribution in [0.3, 0.4) is 0 Å². The van der Waals surface area contributed by atoms with Crippen molar-refractivity contribution in [3.63, 3.8) is 0 Å². The van der Waals surface area contributed by atoms with Gasteiger partial charge in [-0.25, -0.2) is 4.39 Å². The number of hydrogen-bond acceptors (Lipinski definition) is 2. The Morgan fingerprint density at radius 1 is 1.35 bits per heavy atom. The molecule has 0 aromatic heterocycles. The number of nitriles is 1. The molecule has 1 amide bonds. The Morgan fingerprint density at radius 3 is 2.75 bits per heavy atom. The van der Waals surface area contributed by atoms with Crippen molar-refractivity contribution >= 4 is 27.5 Å². The van der Waals surface area contributed by atoms with E-state index < -0.39 is 5.82 Å². The largest absolute Gasteiger partial charge is 0.321 e. The van der Waals surface area contributed by atoms with E-state index in [0.717, 1.165) is 10.0 Å². The molecule has 0 fully saturated rings. The molecule has 0 spiro atoms. The predicted octanol–water partition coefficient (Wildman–Crippen LogP) is 4.02. The zero-order valence-electron chi connectivity index (χ0n) is 10.6. The van der Waals surface area contributed by atoms with Crippen LogP contribution in [0.2, 0.25) is 0 Å². The minimum absolute atomic E-state index is 0.165. The molecule has 5 heteroatoms. The molecule has 0 aliphatic rings. The SMILES string of the molecule is Cc1cc(C(=O)Nc2cccc(F)c2C#N)ccc1Br. The lowest BCUT2D eigenvalue weighted by molar-refractivity contribution is 0.102. The van der Waals surface area contributed by atoms with Crippen LogP contribution < -0.4 is 5.32 Å². The van der Waals surface area contributed by atoms with Crippen LogP contribution in [0.25, 0.3) is 0 Å². The highest BCUT2D eigenvalue weighted by atomic mass is 79.9. The molecule has 0 unspecified atom stereocenters. The van der Waals surface area contributed by atoms with Gasteiger partial charge in [-0.05, 0) is 42.8 Å². The second-order valence-electron chi connectivity index (χ2n) is 4.19. The summed E-state index contributed by atoms with van der Waals surface area (Å²) in [6.07, 6.45) is 0. The Kier molecular flexibility index (Phi) is 4.16. The molecular weight excluding hydrogens is 323 g/mol. The summed E-state index contributed by atoms with van der Waals surface area (Å²) in [5, 5.41) is 11.5. The summed E-state index contributed by atoms with van der Waals surface area (Å²) < 4.78 is 14.3. The van der Waals surface area contributed by atoms with Crippen molar-refractivity contribution in [2.75, 3.05) is 5.32 Å². The Labute approximate surface area is 124 Å². The van der Waals surface area contributed by atoms with Gasteiger partial charge in [-0.1, -0.05) is 22.0 Å². The van der Waals surface area contributed by atoms with E-state index in [-0.39, 0.29) is 17.2 Å². The van der Waals surface area contributed by atoms with Gasteiger partial charge >= 0.3 is 0 Å². The quantitative estimate of drug-likeness (QED) is 0.902. The summed E-state index contributed by atoms with van der Waals surface area (Å²) in [4.78, 5) is 12.1. The highest BCUT2D eigenvalue weighted by Gasteiger charge is 2.12. The Bertz CT molecular complexity index is 722. The van der Waals surface area contributed by atoms with Gasteiger partial charge in [0.05, 0.1) is 5.69 Å². The summed E-state index contributed by atoms with van der Waals surface area (Å²) in [6.45, 7) is 1.86. The van der Waals surface area contributed by atoms with E-state index >= 15 is 0 Å². The molecule has 2 aromatic rings. The molecule has 0 saturated heterocycles. The first kappa shape index (κ1) is 14.2. The number of amides is 1. The minimum Gasteiger partial charge on any atom is -0.321 e. The molecule has 0 aliphatic carbocycles. The van der Waals surface area contributed by atoms with Gasteiger partial charge in [0.15, 0.2) is 0 Å². The zero-order chi connectivity index (χ0) is 14.7. The summed E-state index contributed by atoms with van der Waals surface area (Å²) in [5.41, 5.74) is 1.35. The molecule has 2 rings (SSSR count). The first-order valence-corrected chi connectivity index (χ1v) is 6.58. The maximum absolute atomic E-state index is 13.4. The van der Waals surface area contributed by atoms with Gasteiger partial charge in [-0.3, -0.25) is 4.79 Å². The van der Waals surface area contributed by atoms with Crippen LogP contribution >= 0.6 is 15.9 Å². The van der Waals surface area contributed by atoms with Crippen molar-refractivity contribution in [3.05, 3.63) is 63.4 Å². The summed E-state index contributed by atoms with van der Waals surface area (Å²) in [6, 6.07) is 11.0. The molecule has 0 radical (unpaired) electrons. The number of rotatable bonds is 2. The van der Waals surface area contributed by atoms with Crippen molar-refractivity contribution in [2.24, 2.45) is 0 Å². The lowest BCUT2D eigenvalue weighted by Gasteiger charge is -2.08. The smallest absolute Gasteiger partial charge is 0.255 e. The number of nitrogens with zero attached hydrogens (tertiary/aromatic N) is 1. The normalized spacial score (nSPS) is 9.90. The van der Waals surface area contributed by atoms with Crippen LogP contribution in [-0.4, -0.2) is 5.91 Å². The molecule has 0 aliphatic heterocycles. The molecule has 2 aromatic carbocycles. The molecule has 0 saturated carbocycles. The van der Waals surface area contributed by atoms with Crippen molar-refractivity contribution in [1.82, 2.24) is 0 Å². The van der Waals surface area contributed by atoms with Gasteiger partial charge in [0.1, 0.15) is 17.4 Å². The van der Waals surface area contributed by atoms with Crippen molar-refractivity contribution in [1.29, 1.82) is 5.26 Å². The molecule has 20 heavy (non-hydrogen) atoms. The lowest BCUT2D eigenvalue weighted by Crippen LogP contribution is -2.13. The highest BCUT2D eigenvalue weighted by molar-refractivity contribution is 9.10. The van der Waals surface area contributed by atoms with Gasteiger partial charge in [-0.15, -0.1) is 0 Å². The average molecular weight is 333 g/mol. The fourth-order valence-corrected chi connectivity index (χ4v) is 1.97. The van der Waals surface area contributed by atoms with E-state index in [2.05, 4.69) is 21.2 Å². The van der Waals surface area contributed by atoms with Crippen molar-refractivity contribution < 1.29 is 9.18 Å². The molecule has 1 N–H and O–H groups in total. The summed E-state index contributed by atoms with van der Waals surface area (Å²) in [7, 11) is 0. The standard InChI is InChI=1S/C15H10BrFN2O/c1-9-7-10(5-6-12(9)16)15(20)19-14-4-2-3-13(17)11(14)8-18/h2-7H,1H3,(H,19,20). The van der Waals surface area contributed by atoms with Gasteiger partial charge in [0.25, 0.3) is 5.91 Å². The fraction of sp³-hybridized carbons (Fsp3) is 0.0667. The first-order chi connectivity index (χ1) is 9.52. The van der Waals surface area contributed by atoms with E-state index in [1.807, 2.05) is 6.92 Å². The Morgan fingerprint density at radius 2 is 2.10 bits per heavy atom. The number of nitrogens with one attached hydrogen (secondary N) is 1. The Balaban J connectivity index is 2.31. The van der Waals surface area contributed by atoms with Crippen LogP contribution in [-0.2, 0) is 0 Å².